The number of hydrogen-bond acceptors (Lipinski definition) is 7. The van der Waals surface area contributed by atoms with Gasteiger partial charge in [-0.25, -0.2) is 9.78 Å². The maximum absolute atomic E-state index is 13.7. The van der Waals surface area contributed by atoms with Gasteiger partial charge in [-0.2, -0.15) is 9.78 Å². The van der Waals surface area contributed by atoms with Gasteiger partial charge >= 0.3 is 5.97 Å². The first-order valence-corrected chi connectivity index (χ1v) is 13.5. The van der Waals surface area contributed by atoms with Crippen molar-refractivity contribution < 1.29 is 19.0 Å². The van der Waals surface area contributed by atoms with Crippen LogP contribution in [0.5, 0.6) is 11.5 Å². The molecule has 0 fully saturated rings. The second-order valence-corrected chi connectivity index (χ2v) is 9.69. The SMILES string of the molecule is CCOC(=O)[C@@H](C)Oc1ccc(C=Nn2c(-c3cc(C(C)C)c(OCC)cc3C)nc3ccccc3c2=O)cc1. The van der Waals surface area contributed by atoms with Gasteiger partial charge in [0, 0.05) is 5.56 Å². The van der Waals surface area contributed by atoms with E-state index in [1.165, 1.54) is 4.68 Å². The summed E-state index contributed by atoms with van der Waals surface area (Å²) in [5, 5.41) is 5.07. The lowest BCUT2D eigenvalue weighted by atomic mass is 9.96. The molecule has 0 aliphatic carbocycles. The molecule has 0 bridgehead atoms. The first-order valence-electron chi connectivity index (χ1n) is 13.5. The van der Waals surface area contributed by atoms with Crippen LogP contribution in [0.15, 0.2) is 70.6 Å². The smallest absolute Gasteiger partial charge is 0.347 e. The summed E-state index contributed by atoms with van der Waals surface area (Å²) >= 11 is 0. The van der Waals surface area contributed by atoms with E-state index in [2.05, 4.69) is 18.9 Å². The van der Waals surface area contributed by atoms with Crippen molar-refractivity contribution in [3.8, 4) is 22.9 Å². The molecule has 8 heteroatoms. The number of ether oxygens (including phenoxy) is 3. The van der Waals surface area contributed by atoms with Crippen molar-refractivity contribution in [1.29, 1.82) is 0 Å². The highest BCUT2D eigenvalue weighted by atomic mass is 16.6. The van der Waals surface area contributed by atoms with Gasteiger partial charge in [0.1, 0.15) is 11.5 Å². The normalized spacial score (nSPS) is 12.2. The molecule has 0 aliphatic rings. The Hall–Kier alpha value is -4.46. The Labute approximate surface area is 234 Å². The van der Waals surface area contributed by atoms with E-state index in [1.54, 1.807) is 50.4 Å². The molecule has 0 unspecified atom stereocenters. The van der Waals surface area contributed by atoms with Crippen molar-refractivity contribution in [3.05, 3.63) is 87.7 Å². The van der Waals surface area contributed by atoms with Crippen molar-refractivity contribution in [1.82, 2.24) is 9.66 Å². The zero-order chi connectivity index (χ0) is 28.8. The quantitative estimate of drug-likeness (QED) is 0.178. The molecule has 4 aromatic rings. The molecule has 0 saturated carbocycles. The van der Waals surface area contributed by atoms with Crippen LogP contribution in [0.4, 0.5) is 0 Å². The Bertz CT molecular complexity index is 1590. The third kappa shape index (κ3) is 6.22. The highest BCUT2D eigenvalue weighted by Gasteiger charge is 2.19. The molecule has 208 valence electrons. The van der Waals surface area contributed by atoms with Crippen molar-refractivity contribution in [3.63, 3.8) is 0 Å². The zero-order valence-corrected chi connectivity index (χ0v) is 23.8. The maximum Gasteiger partial charge on any atom is 0.347 e. The fraction of sp³-hybridized carbons (Fsp3) is 0.312. The Balaban J connectivity index is 1.76. The highest BCUT2D eigenvalue weighted by Crippen LogP contribution is 2.34. The minimum Gasteiger partial charge on any atom is -0.494 e. The van der Waals surface area contributed by atoms with Crippen LogP contribution in [0.25, 0.3) is 22.3 Å². The largest absolute Gasteiger partial charge is 0.494 e. The van der Waals surface area contributed by atoms with Gasteiger partial charge in [-0.05, 0) is 98.8 Å². The molecule has 0 saturated heterocycles. The van der Waals surface area contributed by atoms with Crippen LogP contribution >= 0.6 is 0 Å². The molecular formula is C32H35N3O5. The number of aryl methyl sites for hydroxylation is 1. The Kier molecular flexibility index (Phi) is 8.99. The summed E-state index contributed by atoms with van der Waals surface area (Å²) in [6, 6.07) is 18.4. The topological polar surface area (TPSA) is 92.0 Å². The lowest BCUT2D eigenvalue weighted by Crippen LogP contribution is -2.26. The molecule has 1 heterocycles. The van der Waals surface area contributed by atoms with Gasteiger partial charge in [0.05, 0.1) is 30.3 Å². The highest BCUT2D eigenvalue weighted by molar-refractivity contribution is 5.82. The number of nitrogens with zero attached hydrogens (tertiary/aromatic N) is 3. The van der Waals surface area contributed by atoms with Gasteiger partial charge in [-0.3, -0.25) is 4.79 Å². The number of carbonyl (C=O) groups is 1. The van der Waals surface area contributed by atoms with Crippen LogP contribution in [0, 0.1) is 6.92 Å². The predicted octanol–water partition coefficient (Wildman–Crippen LogP) is 6.11. The standard InChI is InChI=1S/C32H35N3O5/c1-7-38-29-17-21(5)27(18-26(29)20(3)4)30-34-28-12-10-9-11-25(28)31(36)35(30)33-19-23-13-15-24(16-14-23)40-22(6)32(37)39-8-2/h9-20,22H,7-8H2,1-6H3/t22-/m1/s1. The summed E-state index contributed by atoms with van der Waals surface area (Å²) in [6.07, 6.45) is 0.880. The fourth-order valence-corrected chi connectivity index (χ4v) is 4.34. The van der Waals surface area contributed by atoms with Crippen molar-refractivity contribution in [2.75, 3.05) is 13.2 Å². The second-order valence-electron chi connectivity index (χ2n) is 9.69. The lowest BCUT2D eigenvalue weighted by molar-refractivity contribution is -0.150. The molecule has 40 heavy (non-hydrogen) atoms. The van der Waals surface area contributed by atoms with E-state index in [-0.39, 0.29) is 11.5 Å². The van der Waals surface area contributed by atoms with Crippen LogP contribution < -0.4 is 15.0 Å². The van der Waals surface area contributed by atoms with E-state index in [0.29, 0.717) is 35.7 Å². The monoisotopic (exact) mass is 541 g/mol. The number of benzene rings is 3. The summed E-state index contributed by atoms with van der Waals surface area (Å²) in [5.41, 5.74) is 3.85. The second kappa shape index (κ2) is 12.6. The molecule has 1 atom stereocenters. The fourth-order valence-electron chi connectivity index (χ4n) is 4.34. The Morgan fingerprint density at radius 1 is 1.02 bits per heavy atom. The van der Waals surface area contributed by atoms with Crippen molar-refractivity contribution in [2.24, 2.45) is 5.10 Å². The number of aromatic nitrogens is 2. The third-order valence-corrected chi connectivity index (χ3v) is 6.41. The van der Waals surface area contributed by atoms with Gasteiger partial charge in [-0.1, -0.05) is 26.0 Å². The summed E-state index contributed by atoms with van der Waals surface area (Å²) in [5.74, 6) is 1.59. The molecule has 4 rings (SSSR count). The molecule has 3 aromatic carbocycles. The van der Waals surface area contributed by atoms with Crippen molar-refractivity contribution in [2.45, 2.75) is 53.6 Å². The number of carbonyl (C=O) groups excluding carboxylic acids is 1. The average molecular weight is 542 g/mol. The summed E-state index contributed by atoms with van der Waals surface area (Å²) in [4.78, 5) is 30.4. The van der Waals surface area contributed by atoms with Crippen LogP contribution in [-0.2, 0) is 9.53 Å². The number of fused-ring (bicyclic) bond motifs is 1. The molecule has 1 aromatic heterocycles. The minimum atomic E-state index is -0.725. The van der Waals surface area contributed by atoms with Crippen LogP contribution in [0.3, 0.4) is 0 Å². The van der Waals surface area contributed by atoms with Gasteiger partial charge < -0.3 is 14.2 Å². The Morgan fingerprint density at radius 2 is 1.75 bits per heavy atom. The summed E-state index contributed by atoms with van der Waals surface area (Å²) < 4.78 is 17.9. The molecule has 0 spiro atoms. The number of para-hydroxylation sites is 1. The molecule has 0 N–H and O–H groups in total. The van der Waals surface area contributed by atoms with Gasteiger partial charge in [0.25, 0.3) is 5.56 Å². The first-order chi connectivity index (χ1) is 19.2. The van der Waals surface area contributed by atoms with E-state index in [1.807, 2.05) is 44.2 Å². The van der Waals surface area contributed by atoms with Crippen LogP contribution in [0.1, 0.15) is 57.2 Å². The van der Waals surface area contributed by atoms with Crippen molar-refractivity contribution >= 4 is 23.1 Å². The van der Waals surface area contributed by atoms with E-state index >= 15 is 0 Å². The predicted molar refractivity (Wildman–Crippen MR) is 158 cm³/mol. The number of hydrogen-bond donors (Lipinski definition) is 0. The molecule has 0 aliphatic heterocycles. The zero-order valence-electron chi connectivity index (χ0n) is 23.8. The number of esters is 1. The van der Waals surface area contributed by atoms with E-state index < -0.39 is 12.1 Å². The van der Waals surface area contributed by atoms with Crippen LogP contribution in [-0.4, -0.2) is 41.2 Å². The number of rotatable bonds is 10. The van der Waals surface area contributed by atoms with Gasteiger partial charge in [0.15, 0.2) is 11.9 Å². The molecule has 0 radical (unpaired) electrons. The summed E-state index contributed by atoms with van der Waals surface area (Å²) in [7, 11) is 0. The molecule has 0 amide bonds. The van der Waals surface area contributed by atoms with E-state index in [0.717, 1.165) is 28.0 Å². The molecular weight excluding hydrogens is 506 g/mol. The maximum atomic E-state index is 13.7. The minimum absolute atomic E-state index is 0.206. The third-order valence-electron chi connectivity index (χ3n) is 6.41. The molecule has 8 nitrogen and oxygen atoms in total. The van der Waals surface area contributed by atoms with Gasteiger partial charge in [0.2, 0.25) is 0 Å². The van der Waals surface area contributed by atoms with Crippen LogP contribution in [0.2, 0.25) is 0 Å². The first kappa shape index (κ1) is 28.5. The lowest BCUT2D eigenvalue weighted by Gasteiger charge is -2.18. The Morgan fingerprint density at radius 3 is 2.42 bits per heavy atom. The van der Waals surface area contributed by atoms with E-state index in [9.17, 15) is 9.59 Å². The summed E-state index contributed by atoms with van der Waals surface area (Å²) in [6.45, 7) is 12.4. The van der Waals surface area contributed by atoms with E-state index in [4.69, 9.17) is 19.2 Å². The van der Waals surface area contributed by atoms with Gasteiger partial charge in [-0.15, -0.1) is 0 Å². The average Bonchev–Trinajstić information content (AvgIpc) is 2.93.